The number of aromatic carboxylic acids is 1. The predicted octanol–water partition coefficient (Wildman–Crippen LogP) is 4.40. The van der Waals surface area contributed by atoms with Crippen molar-refractivity contribution in [1.82, 2.24) is 9.38 Å². The van der Waals surface area contributed by atoms with Crippen molar-refractivity contribution in [1.29, 1.82) is 0 Å². The van der Waals surface area contributed by atoms with Crippen molar-refractivity contribution < 1.29 is 9.90 Å². The summed E-state index contributed by atoms with van der Waals surface area (Å²) in [7, 11) is -1.14. The number of fused-ring (bicyclic) bond motifs is 1. The molecule has 1 atom stereocenters. The molecule has 4 rings (SSSR count). The van der Waals surface area contributed by atoms with E-state index in [4.69, 9.17) is 4.98 Å². The first-order valence-electron chi connectivity index (χ1n) is 11.0. The van der Waals surface area contributed by atoms with Crippen molar-refractivity contribution in [2.45, 2.75) is 45.1 Å². The Morgan fingerprint density at radius 2 is 1.88 bits per heavy atom. The van der Waals surface area contributed by atoms with Gasteiger partial charge < -0.3 is 15.3 Å². The molecule has 7 nitrogen and oxygen atoms in total. The molecule has 8 heteroatoms. The predicted molar refractivity (Wildman–Crippen MR) is 131 cm³/mol. The second kappa shape index (κ2) is 8.42. The normalized spacial score (nSPS) is 16.7. The highest BCUT2D eigenvalue weighted by Crippen LogP contribution is 2.28. The molecule has 0 amide bonds. The summed E-state index contributed by atoms with van der Waals surface area (Å²) in [5, 5.41) is 12.8. The summed E-state index contributed by atoms with van der Waals surface area (Å²) in [6.45, 7) is 10.6. The molecular formula is C24H30N4O3Si. The Balaban J connectivity index is 1.75. The number of hydrogen-bond donors (Lipinski definition) is 2. The van der Waals surface area contributed by atoms with Crippen LogP contribution >= 0.6 is 0 Å². The van der Waals surface area contributed by atoms with Crippen molar-refractivity contribution in [3.63, 3.8) is 0 Å². The van der Waals surface area contributed by atoms with Gasteiger partial charge in [-0.3, -0.25) is 9.20 Å². The number of pyridine rings is 1. The molecule has 0 saturated carbocycles. The maximum absolute atomic E-state index is 13.0. The molecule has 0 aliphatic carbocycles. The third kappa shape index (κ3) is 4.41. The van der Waals surface area contributed by atoms with Gasteiger partial charge in [-0.1, -0.05) is 25.2 Å². The zero-order valence-electron chi connectivity index (χ0n) is 19.1. The summed E-state index contributed by atoms with van der Waals surface area (Å²) in [6, 6.07) is 12.6. The zero-order valence-corrected chi connectivity index (χ0v) is 20.1. The van der Waals surface area contributed by atoms with Crippen LogP contribution in [0, 0.1) is 6.92 Å². The van der Waals surface area contributed by atoms with Gasteiger partial charge in [0.1, 0.15) is 11.5 Å². The average molecular weight is 451 g/mol. The number of carboxylic acid groups (broad SMARTS) is 1. The Hall–Kier alpha value is -3.13. The Labute approximate surface area is 188 Å². The van der Waals surface area contributed by atoms with Crippen LogP contribution in [0.2, 0.25) is 25.2 Å². The van der Waals surface area contributed by atoms with E-state index in [0.717, 1.165) is 30.0 Å². The largest absolute Gasteiger partial charge is 0.478 e. The van der Waals surface area contributed by atoms with Crippen LogP contribution in [-0.2, 0) is 0 Å². The molecule has 0 spiro atoms. The fraction of sp³-hybridized carbons (Fsp3) is 0.375. The van der Waals surface area contributed by atoms with E-state index < -0.39 is 14.0 Å². The topological polar surface area (TPSA) is 86.9 Å². The van der Waals surface area contributed by atoms with Crippen LogP contribution in [0.25, 0.3) is 5.65 Å². The molecule has 2 aromatic heterocycles. The van der Waals surface area contributed by atoms with E-state index in [2.05, 4.69) is 23.3 Å². The van der Waals surface area contributed by atoms with E-state index in [1.165, 1.54) is 12.1 Å². The molecule has 1 aliphatic rings. The third-order valence-electron chi connectivity index (χ3n) is 6.35. The number of aromatic nitrogens is 2. The Bertz CT molecular complexity index is 1230. The van der Waals surface area contributed by atoms with Gasteiger partial charge in [-0.05, 0) is 49.7 Å². The SMILES string of the molecule is Cc1cc([C@H](C)Nc2ccccc2C(=O)O)c2nc(N3CC[Si](C)(C)CC3)cc(=O)n2c1. The van der Waals surface area contributed by atoms with Gasteiger partial charge in [-0.15, -0.1) is 0 Å². The first-order chi connectivity index (χ1) is 15.1. The minimum atomic E-state index is -1.14. The first kappa shape index (κ1) is 22.1. The maximum atomic E-state index is 13.0. The van der Waals surface area contributed by atoms with E-state index in [-0.39, 0.29) is 17.2 Å². The van der Waals surface area contributed by atoms with Crippen molar-refractivity contribution in [2.24, 2.45) is 0 Å². The van der Waals surface area contributed by atoms with Crippen molar-refractivity contribution >= 4 is 31.2 Å². The number of anilines is 2. The smallest absolute Gasteiger partial charge is 0.337 e. The number of nitrogens with zero attached hydrogens (tertiary/aromatic N) is 3. The summed E-state index contributed by atoms with van der Waals surface area (Å²) < 4.78 is 1.60. The van der Waals surface area contributed by atoms with E-state index >= 15 is 0 Å². The van der Waals surface area contributed by atoms with Crippen LogP contribution in [0.5, 0.6) is 0 Å². The van der Waals surface area contributed by atoms with Crippen LogP contribution in [0.15, 0.2) is 47.4 Å². The monoisotopic (exact) mass is 450 g/mol. The van der Waals surface area contributed by atoms with Gasteiger partial charge in [0.2, 0.25) is 0 Å². The quantitative estimate of drug-likeness (QED) is 0.560. The van der Waals surface area contributed by atoms with E-state index in [1.54, 1.807) is 34.7 Å². The van der Waals surface area contributed by atoms with Crippen LogP contribution in [0.4, 0.5) is 11.5 Å². The summed E-state index contributed by atoms with van der Waals surface area (Å²) in [6.07, 6.45) is 1.81. The minimum Gasteiger partial charge on any atom is -0.478 e. The lowest BCUT2D eigenvalue weighted by Gasteiger charge is -2.36. The molecule has 1 saturated heterocycles. The van der Waals surface area contributed by atoms with Crippen molar-refractivity contribution in [3.8, 4) is 0 Å². The molecule has 3 aromatic rings. The molecule has 1 fully saturated rings. The second-order valence-electron chi connectivity index (χ2n) is 9.49. The van der Waals surface area contributed by atoms with Gasteiger partial charge in [0.05, 0.1) is 19.7 Å². The fourth-order valence-corrected chi connectivity index (χ4v) is 6.29. The standard InChI is InChI=1S/C24H30N4O3Si/c1-16-13-19(17(2)25-20-8-6-5-7-18(20)24(30)31)23-26-21(14-22(29)28(23)15-16)27-9-11-32(3,4)12-10-27/h5-8,13-15,17,25H,9-12H2,1-4H3,(H,30,31)/t17-/m0/s1. The minimum absolute atomic E-state index is 0.102. The van der Waals surface area contributed by atoms with Crippen molar-refractivity contribution in [3.05, 3.63) is 69.6 Å². The molecule has 1 aliphatic heterocycles. The lowest BCUT2D eigenvalue weighted by molar-refractivity contribution is 0.0698. The maximum Gasteiger partial charge on any atom is 0.337 e. The fourth-order valence-electron chi connectivity index (χ4n) is 4.29. The van der Waals surface area contributed by atoms with Crippen molar-refractivity contribution in [2.75, 3.05) is 23.3 Å². The number of aryl methyl sites for hydroxylation is 1. The lowest BCUT2D eigenvalue weighted by atomic mass is 10.1. The molecule has 0 radical (unpaired) electrons. The lowest BCUT2D eigenvalue weighted by Crippen LogP contribution is -2.43. The van der Waals surface area contributed by atoms with Crippen LogP contribution in [0.1, 0.15) is 34.5 Å². The van der Waals surface area contributed by atoms with Gasteiger partial charge >= 0.3 is 5.97 Å². The van der Waals surface area contributed by atoms with Gasteiger partial charge in [0.25, 0.3) is 5.56 Å². The number of para-hydroxylation sites is 1. The summed E-state index contributed by atoms with van der Waals surface area (Å²) in [4.78, 5) is 31.8. The van der Waals surface area contributed by atoms with Gasteiger partial charge in [-0.2, -0.15) is 0 Å². The van der Waals surface area contributed by atoms with Gasteiger partial charge in [-0.25, -0.2) is 9.78 Å². The molecule has 3 heterocycles. The molecule has 2 N–H and O–H groups in total. The molecule has 0 unspecified atom stereocenters. The number of nitrogens with one attached hydrogen (secondary N) is 1. The highest BCUT2D eigenvalue weighted by Gasteiger charge is 2.28. The van der Waals surface area contributed by atoms with Crippen LogP contribution in [-0.4, -0.2) is 41.6 Å². The number of carboxylic acids is 1. The highest BCUT2D eigenvalue weighted by atomic mass is 28.3. The Morgan fingerprint density at radius 1 is 1.19 bits per heavy atom. The summed E-state index contributed by atoms with van der Waals surface area (Å²) in [5.41, 5.74) is 3.05. The van der Waals surface area contributed by atoms with E-state index in [9.17, 15) is 14.7 Å². The summed E-state index contributed by atoms with van der Waals surface area (Å²) in [5.74, 6) is -0.259. The Kier molecular flexibility index (Phi) is 5.81. The molecular weight excluding hydrogens is 420 g/mol. The zero-order chi connectivity index (χ0) is 23.0. The number of rotatable bonds is 5. The first-order valence-corrected chi connectivity index (χ1v) is 14.4. The van der Waals surface area contributed by atoms with E-state index in [1.807, 2.05) is 26.1 Å². The van der Waals surface area contributed by atoms with E-state index in [0.29, 0.717) is 11.3 Å². The molecule has 168 valence electrons. The summed E-state index contributed by atoms with van der Waals surface area (Å²) >= 11 is 0. The number of benzene rings is 1. The van der Waals surface area contributed by atoms with Gasteiger partial charge in [0.15, 0.2) is 0 Å². The number of carbonyl (C=O) groups is 1. The van der Waals surface area contributed by atoms with Crippen LogP contribution in [0.3, 0.4) is 0 Å². The van der Waals surface area contributed by atoms with Gasteiger partial charge in [0, 0.05) is 36.6 Å². The molecule has 1 aromatic carbocycles. The highest BCUT2D eigenvalue weighted by molar-refractivity contribution is 6.77. The molecule has 32 heavy (non-hydrogen) atoms. The third-order valence-corrected chi connectivity index (χ3v) is 9.50. The van der Waals surface area contributed by atoms with Crippen LogP contribution < -0.4 is 15.8 Å². The second-order valence-corrected chi connectivity index (χ2v) is 14.8. The Morgan fingerprint density at radius 3 is 2.56 bits per heavy atom. The molecule has 0 bridgehead atoms. The number of hydrogen-bond acceptors (Lipinski definition) is 5. The average Bonchev–Trinajstić information content (AvgIpc) is 2.74.